The quantitative estimate of drug-likeness (QED) is 0.461. The van der Waals surface area contributed by atoms with Gasteiger partial charge in [0.15, 0.2) is 0 Å². The molecular formula is C14H20IN3O2. The molecule has 2 rings (SSSR count). The van der Waals surface area contributed by atoms with Crippen molar-refractivity contribution in [2.45, 2.75) is 19.8 Å². The van der Waals surface area contributed by atoms with Crippen molar-refractivity contribution in [1.82, 2.24) is 4.90 Å². The Balaban J connectivity index is 1.85. The lowest BCUT2D eigenvalue weighted by atomic mass is 10.1. The van der Waals surface area contributed by atoms with Crippen LogP contribution in [-0.2, 0) is 0 Å². The highest BCUT2D eigenvalue weighted by atomic mass is 127. The fourth-order valence-corrected chi connectivity index (χ4v) is 3.21. The van der Waals surface area contributed by atoms with Crippen molar-refractivity contribution in [2.75, 3.05) is 31.5 Å². The minimum Gasteiger partial charge on any atom is -0.384 e. The summed E-state index contributed by atoms with van der Waals surface area (Å²) in [5.41, 5.74) is 1.12. The monoisotopic (exact) mass is 389 g/mol. The lowest BCUT2D eigenvalue weighted by molar-refractivity contribution is -0.384. The SMILES string of the molecule is CC(CNc1ccc([N+](=O)[O-])cc1I)CN1CCCC1. The van der Waals surface area contributed by atoms with Crippen LogP contribution in [0, 0.1) is 19.6 Å². The van der Waals surface area contributed by atoms with Crippen LogP contribution in [0.2, 0.25) is 0 Å². The van der Waals surface area contributed by atoms with Gasteiger partial charge in [-0.1, -0.05) is 6.92 Å². The van der Waals surface area contributed by atoms with E-state index in [1.54, 1.807) is 18.2 Å². The number of nitrogens with one attached hydrogen (secondary N) is 1. The van der Waals surface area contributed by atoms with Gasteiger partial charge in [-0.2, -0.15) is 0 Å². The van der Waals surface area contributed by atoms with E-state index in [1.807, 2.05) is 0 Å². The van der Waals surface area contributed by atoms with E-state index in [4.69, 9.17) is 0 Å². The van der Waals surface area contributed by atoms with E-state index in [1.165, 1.54) is 25.9 Å². The van der Waals surface area contributed by atoms with Crippen molar-refractivity contribution < 1.29 is 4.92 Å². The molecule has 0 aliphatic carbocycles. The van der Waals surface area contributed by atoms with Crippen LogP contribution in [0.15, 0.2) is 18.2 Å². The van der Waals surface area contributed by atoms with Gasteiger partial charge in [-0.3, -0.25) is 10.1 Å². The predicted molar refractivity (Wildman–Crippen MR) is 89.1 cm³/mol. The number of nitro benzene ring substituents is 1. The molecule has 0 amide bonds. The molecule has 1 saturated heterocycles. The molecule has 5 nitrogen and oxygen atoms in total. The zero-order chi connectivity index (χ0) is 14.5. The summed E-state index contributed by atoms with van der Waals surface area (Å²) in [6.45, 7) is 6.70. The number of likely N-dealkylation sites (tertiary alicyclic amines) is 1. The number of benzene rings is 1. The Hall–Kier alpha value is -0.890. The summed E-state index contributed by atoms with van der Waals surface area (Å²) in [6.07, 6.45) is 2.64. The van der Waals surface area contributed by atoms with Gasteiger partial charge < -0.3 is 10.2 Å². The third-order valence-electron chi connectivity index (χ3n) is 3.57. The van der Waals surface area contributed by atoms with Gasteiger partial charge >= 0.3 is 0 Å². The topological polar surface area (TPSA) is 58.4 Å². The van der Waals surface area contributed by atoms with Gasteiger partial charge in [0.25, 0.3) is 5.69 Å². The van der Waals surface area contributed by atoms with Crippen LogP contribution in [0.4, 0.5) is 11.4 Å². The van der Waals surface area contributed by atoms with Crippen LogP contribution in [0.3, 0.4) is 0 Å². The second-order valence-corrected chi connectivity index (χ2v) is 6.58. The summed E-state index contributed by atoms with van der Waals surface area (Å²) in [5, 5.41) is 14.1. The molecule has 1 atom stereocenters. The van der Waals surface area contributed by atoms with Crippen molar-refractivity contribution in [2.24, 2.45) is 5.92 Å². The van der Waals surface area contributed by atoms with Crippen LogP contribution in [-0.4, -0.2) is 36.0 Å². The zero-order valence-electron chi connectivity index (χ0n) is 11.6. The van der Waals surface area contributed by atoms with Crippen LogP contribution in [0.5, 0.6) is 0 Å². The number of hydrogen-bond donors (Lipinski definition) is 1. The lowest BCUT2D eigenvalue weighted by Crippen LogP contribution is -2.28. The number of hydrogen-bond acceptors (Lipinski definition) is 4. The molecule has 1 N–H and O–H groups in total. The molecule has 0 saturated carbocycles. The molecule has 0 spiro atoms. The second-order valence-electron chi connectivity index (χ2n) is 5.42. The van der Waals surface area contributed by atoms with Crippen molar-refractivity contribution in [1.29, 1.82) is 0 Å². The Morgan fingerprint density at radius 2 is 2.15 bits per heavy atom. The van der Waals surface area contributed by atoms with E-state index in [0.717, 1.165) is 22.3 Å². The lowest BCUT2D eigenvalue weighted by Gasteiger charge is -2.21. The molecule has 1 aliphatic heterocycles. The van der Waals surface area contributed by atoms with E-state index >= 15 is 0 Å². The van der Waals surface area contributed by atoms with Crippen LogP contribution in [0.1, 0.15) is 19.8 Å². The highest BCUT2D eigenvalue weighted by Crippen LogP contribution is 2.24. The second kappa shape index (κ2) is 7.21. The van der Waals surface area contributed by atoms with Crippen molar-refractivity contribution in [3.63, 3.8) is 0 Å². The number of halogens is 1. The molecule has 1 aromatic carbocycles. The Labute approximate surface area is 133 Å². The number of anilines is 1. The summed E-state index contributed by atoms with van der Waals surface area (Å²) in [7, 11) is 0. The first kappa shape index (κ1) is 15.5. The van der Waals surface area contributed by atoms with E-state index in [2.05, 4.69) is 39.7 Å². The number of non-ortho nitro benzene ring substituents is 1. The fraction of sp³-hybridized carbons (Fsp3) is 0.571. The van der Waals surface area contributed by atoms with Crippen molar-refractivity contribution >= 4 is 34.0 Å². The van der Waals surface area contributed by atoms with Gasteiger partial charge in [-0.25, -0.2) is 0 Å². The maximum atomic E-state index is 10.7. The Bertz CT molecular complexity index is 475. The minimum absolute atomic E-state index is 0.144. The standard InChI is InChI=1S/C14H20IN3O2/c1-11(10-17-6-2-3-7-17)9-16-14-5-4-12(18(19)20)8-13(14)15/h4-5,8,11,16H,2-3,6-7,9-10H2,1H3. The van der Waals surface area contributed by atoms with Gasteiger partial charge in [0.2, 0.25) is 0 Å². The average Bonchev–Trinajstić information content (AvgIpc) is 2.90. The molecule has 20 heavy (non-hydrogen) atoms. The third kappa shape index (κ3) is 4.31. The molecule has 0 radical (unpaired) electrons. The number of nitro groups is 1. The first-order valence-electron chi connectivity index (χ1n) is 6.96. The van der Waals surface area contributed by atoms with Crippen LogP contribution >= 0.6 is 22.6 Å². The normalized spacial score (nSPS) is 17.1. The summed E-state index contributed by atoms with van der Waals surface area (Å²) < 4.78 is 0.894. The van der Waals surface area contributed by atoms with E-state index in [0.29, 0.717) is 5.92 Å². The molecule has 110 valence electrons. The Morgan fingerprint density at radius 1 is 1.45 bits per heavy atom. The van der Waals surface area contributed by atoms with Gasteiger partial charge in [0.1, 0.15) is 0 Å². The molecule has 1 aromatic rings. The van der Waals surface area contributed by atoms with E-state index in [-0.39, 0.29) is 10.6 Å². The summed E-state index contributed by atoms with van der Waals surface area (Å²) >= 11 is 2.14. The third-order valence-corrected chi connectivity index (χ3v) is 4.47. The Kier molecular flexibility index (Phi) is 5.59. The molecule has 0 aromatic heterocycles. The largest absolute Gasteiger partial charge is 0.384 e. The molecule has 1 aliphatic rings. The summed E-state index contributed by atoms with van der Waals surface area (Å²) in [6, 6.07) is 4.95. The van der Waals surface area contributed by atoms with Gasteiger partial charge in [0, 0.05) is 34.5 Å². The van der Waals surface area contributed by atoms with Crippen LogP contribution in [0.25, 0.3) is 0 Å². The summed E-state index contributed by atoms with van der Waals surface area (Å²) in [5.74, 6) is 0.569. The van der Waals surface area contributed by atoms with Crippen molar-refractivity contribution in [3.05, 3.63) is 31.9 Å². The number of nitrogens with zero attached hydrogens (tertiary/aromatic N) is 2. The summed E-state index contributed by atoms with van der Waals surface area (Å²) in [4.78, 5) is 12.8. The van der Waals surface area contributed by atoms with Crippen molar-refractivity contribution in [3.8, 4) is 0 Å². The molecular weight excluding hydrogens is 369 g/mol. The van der Waals surface area contributed by atoms with E-state index in [9.17, 15) is 10.1 Å². The molecule has 0 bridgehead atoms. The first-order valence-corrected chi connectivity index (χ1v) is 8.04. The maximum Gasteiger partial charge on any atom is 0.270 e. The van der Waals surface area contributed by atoms with E-state index < -0.39 is 0 Å². The van der Waals surface area contributed by atoms with Gasteiger partial charge in [-0.05, 0) is 60.5 Å². The van der Waals surface area contributed by atoms with Crippen LogP contribution < -0.4 is 5.32 Å². The van der Waals surface area contributed by atoms with Gasteiger partial charge in [-0.15, -0.1) is 0 Å². The fourth-order valence-electron chi connectivity index (χ4n) is 2.52. The average molecular weight is 389 g/mol. The molecule has 1 heterocycles. The minimum atomic E-state index is -0.359. The predicted octanol–water partition coefficient (Wildman–Crippen LogP) is 3.34. The number of rotatable bonds is 6. The highest BCUT2D eigenvalue weighted by molar-refractivity contribution is 14.1. The maximum absolute atomic E-state index is 10.7. The molecule has 1 fully saturated rings. The highest BCUT2D eigenvalue weighted by Gasteiger charge is 2.15. The molecule has 6 heteroatoms. The molecule has 1 unspecified atom stereocenters. The smallest absolute Gasteiger partial charge is 0.270 e. The zero-order valence-corrected chi connectivity index (χ0v) is 13.8. The van der Waals surface area contributed by atoms with Gasteiger partial charge in [0.05, 0.1) is 4.92 Å². The Morgan fingerprint density at radius 3 is 2.75 bits per heavy atom. The first-order chi connectivity index (χ1) is 9.56.